The van der Waals surface area contributed by atoms with Gasteiger partial charge in [0.25, 0.3) is 5.91 Å². The van der Waals surface area contributed by atoms with E-state index in [9.17, 15) is 4.79 Å². The molecule has 1 unspecified atom stereocenters. The lowest BCUT2D eigenvalue weighted by molar-refractivity contribution is 0.0827. The summed E-state index contributed by atoms with van der Waals surface area (Å²) in [5, 5.41) is 3.34. The molecule has 0 aliphatic heterocycles. The van der Waals surface area contributed by atoms with Gasteiger partial charge in [0.2, 0.25) is 0 Å². The van der Waals surface area contributed by atoms with E-state index in [-0.39, 0.29) is 11.9 Å². The van der Waals surface area contributed by atoms with Crippen molar-refractivity contribution < 1.29 is 4.79 Å². The lowest BCUT2D eigenvalue weighted by Crippen LogP contribution is -2.22. The third kappa shape index (κ3) is 3.34. The Morgan fingerprint density at radius 2 is 2.24 bits per heavy atom. The first-order valence-corrected chi connectivity index (χ1v) is 6.90. The molecule has 0 bridgehead atoms. The van der Waals surface area contributed by atoms with Crippen molar-refractivity contribution in [3.8, 4) is 0 Å². The molecular formula is C15H21N5O. The Labute approximate surface area is 124 Å². The maximum atomic E-state index is 12.0. The summed E-state index contributed by atoms with van der Waals surface area (Å²) in [6, 6.07) is 5.28. The Hall–Kier alpha value is -2.50. The van der Waals surface area contributed by atoms with Gasteiger partial charge in [0, 0.05) is 32.1 Å². The van der Waals surface area contributed by atoms with Crippen LogP contribution in [0.15, 0.2) is 30.6 Å². The summed E-state index contributed by atoms with van der Waals surface area (Å²) in [6.45, 7) is 2.06. The molecule has 1 aromatic heterocycles. The first-order chi connectivity index (χ1) is 10.0. The van der Waals surface area contributed by atoms with E-state index < -0.39 is 0 Å². The monoisotopic (exact) mass is 287 g/mol. The highest BCUT2D eigenvalue weighted by atomic mass is 16.2. The lowest BCUT2D eigenvalue weighted by atomic mass is 10.1. The average molecular weight is 287 g/mol. The van der Waals surface area contributed by atoms with E-state index in [0.717, 1.165) is 17.9 Å². The van der Waals surface area contributed by atoms with Crippen molar-refractivity contribution in [2.75, 3.05) is 25.1 Å². The van der Waals surface area contributed by atoms with Crippen LogP contribution in [-0.2, 0) is 0 Å². The van der Waals surface area contributed by atoms with Crippen molar-refractivity contribution in [3.63, 3.8) is 0 Å². The highest BCUT2D eigenvalue weighted by molar-refractivity contribution is 5.95. The first-order valence-electron chi connectivity index (χ1n) is 6.90. The van der Waals surface area contributed by atoms with E-state index >= 15 is 0 Å². The molecule has 0 fully saturated rings. The number of imidazole rings is 1. The zero-order valence-electron chi connectivity index (χ0n) is 12.6. The van der Waals surface area contributed by atoms with Crippen LogP contribution >= 0.6 is 0 Å². The fraction of sp³-hybridized carbons (Fsp3) is 0.333. The normalized spacial score (nSPS) is 12.0. The number of rotatable bonds is 5. The number of H-pyrrole nitrogens is 1. The number of aromatic nitrogens is 2. The molecule has 1 heterocycles. The lowest BCUT2D eigenvalue weighted by Gasteiger charge is -2.19. The molecule has 2 rings (SSSR count). The van der Waals surface area contributed by atoms with Gasteiger partial charge in [0.15, 0.2) is 0 Å². The summed E-state index contributed by atoms with van der Waals surface area (Å²) in [5.74, 6) is 0.797. The fourth-order valence-corrected chi connectivity index (χ4v) is 2.09. The van der Waals surface area contributed by atoms with Gasteiger partial charge in [0.05, 0.1) is 17.4 Å². The zero-order valence-corrected chi connectivity index (χ0v) is 12.6. The molecule has 0 radical (unpaired) electrons. The molecule has 2 aromatic rings. The van der Waals surface area contributed by atoms with Crippen LogP contribution in [0.2, 0.25) is 0 Å². The second kappa shape index (κ2) is 6.30. The summed E-state index contributed by atoms with van der Waals surface area (Å²) in [5.41, 5.74) is 7.96. The van der Waals surface area contributed by atoms with Crippen LogP contribution in [0.1, 0.15) is 35.6 Å². The molecule has 0 spiro atoms. The molecule has 0 saturated carbocycles. The summed E-state index contributed by atoms with van der Waals surface area (Å²) in [6.07, 6.45) is 4.35. The van der Waals surface area contributed by atoms with Crippen LogP contribution in [0.3, 0.4) is 0 Å². The SMILES string of the molecule is CCC(Nc1cc(C(=O)N(C)C)ccc1N)c1ncc[nH]1. The molecule has 1 amide bonds. The van der Waals surface area contributed by atoms with Gasteiger partial charge in [-0.3, -0.25) is 4.79 Å². The van der Waals surface area contributed by atoms with Gasteiger partial charge >= 0.3 is 0 Å². The van der Waals surface area contributed by atoms with E-state index in [1.807, 2.05) is 0 Å². The number of carbonyl (C=O) groups excluding carboxylic acids is 1. The predicted octanol–water partition coefficient (Wildman–Crippen LogP) is 2.26. The number of amides is 1. The van der Waals surface area contributed by atoms with Crippen LogP contribution in [0, 0.1) is 0 Å². The van der Waals surface area contributed by atoms with Gasteiger partial charge in [-0.1, -0.05) is 6.92 Å². The van der Waals surface area contributed by atoms with Gasteiger partial charge in [-0.25, -0.2) is 4.98 Å². The van der Waals surface area contributed by atoms with Gasteiger partial charge < -0.3 is 20.9 Å². The Kier molecular flexibility index (Phi) is 4.47. The molecule has 4 N–H and O–H groups in total. The number of hydrogen-bond acceptors (Lipinski definition) is 4. The molecule has 112 valence electrons. The number of anilines is 2. The van der Waals surface area contributed by atoms with E-state index in [0.29, 0.717) is 11.3 Å². The van der Waals surface area contributed by atoms with Crippen LogP contribution in [-0.4, -0.2) is 34.9 Å². The van der Waals surface area contributed by atoms with Crippen molar-refractivity contribution in [2.24, 2.45) is 0 Å². The summed E-state index contributed by atoms with van der Waals surface area (Å²) >= 11 is 0. The zero-order chi connectivity index (χ0) is 15.4. The van der Waals surface area contributed by atoms with Gasteiger partial charge in [-0.2, -0.15) is 0 Å². The fourth-order valence-electron chi connectivity index (χ4n) is 2.09. The molecule has 0 saturated heterocycles. The molecule has 21 heavy (non-hydrogen) atoms. The topological polar surface area (TPSA) is 87.0 Å². The minimum atomic E-state index is -0.0518. The number of nitrogens with two attached hydrogens (primary N) is 1. The maximum Gasteiger partial charge on any atom is 0.253 e. The minimum Gasteiger partial charge on any atom is -0.397 e. The minimum absolute atomic E-state index is 0.0204. The molecule has 6 heteroatoms. The van der Waals surface area contributed by atoms with Crippen molar-refractivity contribution >= 4 is 17.3 Å². The Bertz CT molecular complexity index is 607. The third-order valence-electron chi connectivity index (χ3n) is 3.29. The highest BCUT2D eigenvalue weighted by Crippen LogP contribution is 2.26. The average Bonchev–Trinajstić information content (AvgIpc) is 2.99. The largest absolute Gasteiger partial charge is 0.397 e. The number of aromatic amines is 1. The Balaban J connectivity index is 2.26. The van der Waals surface area contributed by atoms with Gasteiger partial charge in [-0.05, 0) is 24.6 Å². The van der Waals surface area contributed by atoms with Crippen LogP contribution in [0.25, 0.3) is 0 Å². The van der Waals surface area contributed by atoms with E-state index in [4.69, 9.17) is 5.73 Å². The number of benzene rings is 1. The van der Waals surface area contributed by atoms with Crippen molar-refractivity contribution in [3.05, 3.63) is 42.0 Å². The highest BCUT2D eigenvalue weighted by Gasteiger charge is 2.15. The number of nitrogens with one attached hydrogen (secondary N) is 2. The van der Waals surface area contributed by atoms with Crippen LogP contribution in [0.5, 0.6) is 0 Å². The van der Waals surface area contributed by atoms with Crippen LogP contribution in [0.4, 0.5) is 11.4 Å². The quantitative estimate of drug-likeness (QED) is 0.736. The molecule has 6 nitrogen and oxygen atoms in total. The standard InChI is InChI=1S/C15H21N5O/c1-4-12(14-17-7-8-18-14)19-13-9-10(5-6-11(13)16)15(21)20(2)3/h5-9,12,19H,4,16H2,1-3H3,(H,17,18). The van der Waals surface area contributed by atoms with Crippen molar-refractivity contribution in [1.82, 2.24) is 14.9 Å². The summed E-state index contributed by atoms with van der Waals surface area (Å²) in [7, 11) is 3.45. The Morgan fingerprint density at radius 1 is 1.48 bits per heavy atom. The molecule has 0 aliphatic rings. The number of nitrogens with zero attached hydrogens (tertiary/aromatic N) is 2. The first kappa shape index (κ1) is 14.9. The maximum absolute atomic E-state index is 12.0. The molecule has 0 aliphatic carbocycles. The summed E-state index contributed by atoms with van der Waals surface area (Å²) in [4.78, 5) is 20.9. The number of hydrogen-bond donors (Lipinski definition) is 3. The van der Waals surface area contributed by atoms with Crippen LogP contribution < -0.4 is 11.1 Å². The van der Waals surface area contributed by atoms with E-state index in [1.165, 1.54) is 0 Å². The van der Waals surface area contributed by atoms with Crippen molar-refractivity contribution in [2.45, 2.75) is 19.4 Å². The Morgan fingerprint density at radius 3 is 2.81 bits per heavy atom. The predicted molar refractivity (Wildman–Crippen MR) is 84.1 cm³/mol. The second-order valence-corrected chi connectivity index (χ2v) is 5.08. The second-order valence-electron chi connectivity index (χ2n) is 5.08. The van der Waals surface area contributed by atoms with E-state index in [2.05, 4.69) is 22.2 Å². The molecule has 1 aromatic carbocycles. The number of carbonyl (C=O) groups is 1. The molecule has 1 atom stereocenters. The van der Waals surface area contributed by atoms with Crippen molar-refractivity contribution in [1.29, 1.82) is 0 Å². The van der Waals surface area contributed by atoms with E-state index in [1.54, 1.807) is 49.6 Å². The smallest absolute Gasteiger partial charge is 0.253 e. The van der Waals surface area contributed by atoms with Gasteiger partial charge in [-0.15, -0.1) is 0 Å². The number of nitrogen functional groups attached to an aromatic ring is 1. The summed E-state index contributed by atoms with van der Waals surface area (Å²) < 4.78 is 0. The molecular weight excluding hydrogens is 266 g/mol. The third-order valence-corrected chi connectivity index (χ3v) is 3.29. The van der Waals surface area contributed by atoms with Gasteiger partial charge in [0.1, 0.15) is 5.82 Å².